The number of carbonyl (C=O) groups excluding carboxylic acids is 1. The lowest BCUT2D eigenvalue weighted by Gasteiger charge is -2.03. The van der Waals surface area contributed by atoms with Crippen LogP contribution >= 0.6 is 0 Å². The zero-order valence-electron chi connectivity index (χ0n) is 7.18. The molecule has 1 aliphatic rings. The minimum Gasteiger partial charge on any atom is -0.426 e. The second-order valence-electron chi connectivity index (χ2n) is 3.16. The first-order valence-corrected chi connectivity index (χ1v) is 3.98. The minimum atomic E-state index is -0.137. The third-order valence-electron chi connectivity index (χ3n) is 2.23. The van der Waals surface area contributed by atoms with Crippen LogP contribution in [0.1, 0.15) is 16.7 Å². The Kier molecular flexibility index (Phi) is 1.43. The Morgan fingerprint density at radius 2 is 1.92 bits per heavy atom. The van der Waals surface area contributed by atoms with Gasteiger partial charge in [0.25, 0.3) is 0 Å². The van der Waals surface area contributed by atoms with Gasteiger partial charge in [-0.25, -0.2) is 0 Å². The zero-order valence-corrected chi connectivity index (χ0v) is 7.18. The smallest absolute Gasteiger partial charge is 0.315 e. The quantitative estimate of drug-likeness (QED) is 0.429. The minimum absolute atomic E-state index is 0.137. The molecule has 1 aliphatic heterocycles. The van der Waals surface area contributed by atoms with Crippen LogP contribution in [0.25, 0.3) is 0 Å². The standard InChI is InChI=1S/C10H10O2/c1-6-3-4-7(2)10-8(6)5-9(11)12-10/h3-4H,5H2,1-2H3. The molecular formula is C10H10O2. The van der Waals surface area contributed by atoms with Crippen molar-refractivity contribution in [2.75, 3.05) is 0 Å². The van der Waals surface area contributed by atoms with Crippen molar-refractivity contribution in [1.82, 2.24) is 0 Å². The number of benzene rings is 1. The van der Waals surface area contributed by atoms with Gasteiger partial charge in [-0.2, -0.15) is 0 Å². The van der Waals surface area contributed by atoms with E-state index in [1.54, 1.807) is 0 Å². The van der Waals surface area contributed by atoms with Crippen LogP contribution in [0.15, 0.2) is 12.1 Å². The number of ether oxygens (including phenoxy) is 1. The Morgan fingerprint density at radius 1 is 1.25 bits per heavy atom. The monoisotopic (exact) mass is 162 g/mol. The number of fused-ring (bicyclic) bond motifs is 1. The van der Waals surface area contributed by atoms with Gasteiger partial charge in [-0.05, 0) is 25.0 Å². The number of hydrogen-bond acceptors (Lipinski definition) is 2. The van der Waals surface area contributed by atoms with Gasteiger partial charge in [-0.15, -0.1) is 0 Å². The maximum absolute atomic E-state index is 11.0. The fourth-order valence-electron chi connectivity index (χ4n) is 1.50. The largest absolute Gasteiger partial charge is 0.426 e. The van der Waals surface area contributed by atoms with Crippen LogP contribution in [0, 0.1) is 13.8 Å². The Balaban J connectivity index is 2.64. The van der Waals surface area contributed by atoms with Crippen LogP contribution in [0.3, 0.4) is 0 Å². The topological polar surface area (TPSA) is 26.3 Å². The van der Waals surface area contributed by atoms with Crippen LogP contribution in [0.4, 0.5) is 0 Å². The normalized spacial score (nSPS) is 14.3. The van der Waals surface area contributed by atoms with E-state index in [-0.39, 0.29) is 5.97 Å². The van der Waals surface area contributed by atoms with Crippen molar-refractivity contribution in [1.29, 1.82) is 0 Å². The molecule has 0 unspecified atom stereocenters. The van der Waals surface area contributed by atoms with Gasteiger partial charge in [-0.1, -0.05) is 12.1 Å². The van der Waals surface area contributed by atoms with Gasteiger partial charge in [0.2, 0.25) is 0 Å². The van der Waals surface area contributed by atoms with E-state index < -0.39 is 0 Å². The van der Waals surface area contributed by atoms with E-state index >= 15 is 0 Å². The van der Waals surface area contributed by atoms with Gasteiger partial charge in [0, 0.05) is 5.56 Å². The van der Waals surface area contributed by atoms with Gasteiger partial charge >= 0.3 is 5.97 Å². The van der Waals surface area contributed by atoms with Gasteiger partial charge < -0.3 is 4.74 Å². The molecule has 1 aromatic rings. The number of aryl methyl sites for hydroxylation is 2. The molecule has 0 aromatic heterocycles. The van der Waals surface area contributed by atoms with Crippen molar-refractivity contribution in [3.05, 3.63) is 28.8 Å². The maximum Gasteiger partial charge on any atom is 0.315 e. The molecule has 12 heavy (non-hydrogen) atoms. The second kappa shape index (κ2) is 2.34. The molecule has 1 aromatic carbocycles. The summed E-state index contributed by atoms with van der Waals surface area (Å²) in [6, 6.07) is 4.00. The molecule has 0 aliphatic carbocycles. The molecule has 62 valence electrons. The lowest BCUT2D eigenvalue weighted by Crippen LogP contribution is -2.00. The molecule has 0 spiro atoms. The van der Waals surface area contributed by atoms with Crippen LogP contribution in [0.5, 0.6) is 5.75 Å². The molecule has 1 heterocycles. The summed E-state index contributed by atoms with van der Waals surface area (Å²) >= 11 is 0. The van der Waals surface area contributed by atoms with Gasteiger partial charge in [-0.3, -0.25) is 4.79 Å². The highest BCUT2D eigenvalue weighted by atomic mass is 16.5. The van der Waals surface area contributed by atoms with E-state index in [4.69, 9.17) is 4.74 Å². The lowest BCUT2D eigenvalue weighted by molar-refractivity contribution is -0.131. The van der Waals surface area contributed by atoms with Crippen LogP contribution in [-0.4, -0.2) is 5.97 Å². The molecule has 0 bridgehead atoms. The Morgan fingerprint density at radius 3 is 2.58 bits per heavy atom. The molecule has 0 amide bonds. The van der Waals surface area contributed by atoms with Crippen molar-refractivity contribution in [3.8, 4) is 5.75 Å². The second-order valence-corrected chi connectivity index (χ2v) is 3.16. The molecule has 0 saturated heterocycles. The van der Waals surface area contributed by atoms with Crippen LogP contribution < -0.4 is 4.74 Å². The summed E-state index contributed by atoms with van der Waals surface area (Å²) in [7, 11) is 0. The maximum atomic E-state index is 11.0. The van der Waals surface area contributed by atoms with E-state index in [2.05, 4.69) is 0 Å². The van der Waals surface area contributed by atoms with Crippen LogP contribution in [0.2, 0.25) is 0 Å². The predicted molar refractivity (Wildman–Crippen MR) is 45.3 cm³/mol. The highest BCUT2D eigenvalue weighted by molar-refractivity contribution is 5.82. The number of rotatable bonds is 0. The molecule has 0 N–H and O–H groups in total. The molecule has 2 heteroatoms. The first kappa shape index (κ1) is 7.35. The Hall–Kier alpha value is -1.31. The molecular weight excluding hydrogens is 152 g/mol. The fourth-order valence-corrected chi connectivity index (χ4v) is 1.50. The third-order valence-corrected chi connectivity index (χ3v) is 2.23. The Bertz CT molecular complexity index is 320. The molecule has 0 fully saturated rings. The predicted octanol–water partition coefficient (Wildman–Crippen LogP) is 1.76. The highest BCUT2D eigenvalue weighted by Gasteiger charge is 2.23. The molecule has 0 radical (unpaired) electrons. The van der Waals surface area contributed by atoms with Crippen molar-refractivity contribution in [3.63, 3.8) is 0 Å². The summed E-state index contributed by atoms with van der Waals surface area (Å²) in [6.07, 6.45) is 0.433. The summed E-state index contributed by atoms with van der Waals surface area (Å²) in [5.41, 5.74) is 3.24. The molecule has 2 rings (SSSR count). The number of hydrogen-bond donors (Lipinski definition) is 0. The first-order valence-electron chi connectivity index (χ1n) is 3.98. The summed E-state index contributed by atoms with van der Waals surface area (Å²) in [6.45, 7) is 3.96. The van der Waals surface area contributed by atoms with Gasteiger partial charge in [0.05, 0.1) is 6.42 Å². The first-order chi connectivity index (χ1) is 5.68. The summed E-state index contributed by atoms with van der Waals surface area (Å²) in [5.74, 6) is 0.641. The Labute approximate surface area is 71.2 Å². The third kappa shape index (κ3) is 0.916. The van der Waals surface area contributed by atoms with E-state index in [0.29, 0.717) is 6.42 Å². The van der Waals surface area contributed by atoms with Crippen molar-refractivity contribution in [2.45, 2.75) is 20.3 Å². The van der Waals surface area contributed by atoms with Gasteiger partial charge in [0.15, 0.2) is 0 Å². The average Bonchev–Trinajstić information content (AvgIpc) is 2.41. The SMILES string of the molecule is Cc1ccc(C)c2c1CC(=O)O2. The highest BCUT2D eigenvalue weighted by Crippen LogP contribution is 2.31. The van der Waals surface area contributed by atoms with Crippen molar-refractivity contribution in [2.24, 2.45) is 0 Å². The number of esters is 1. The molecule has 0 atom stereocenters. The van der Waals surface area contributed by atoms with Crippen molar-refractivity contribution >= 4 is 5.97 Å². The zero-order chi connectivity index (χ0) is 8.72. The summed E-state index contributed by atoms with van der Waals surface area (Å²) in [5, 5.41) is 0. The number of carbonyl (C=O) groups is 1. The lowest BCUT2D eigenvalue weighted by atomic mass is 10.0. The summed E-state index contributed by atoms with van der Waals surface area (Å²) in [4.78, 5) is 11.0. The van der Waals surface area contributed by atoms with E-state index in [9.17, 15) is 4.79 Å². The fraction of sp³-hybridized carbons (Fsp3) is 0.300. The van der Waals surface area contributed by atoms with Gasteiger partial charge in [0.1, 0.15) is 5.75 Å². The van der Waals surface area contributed by atoms with E-state index in [1.807, 2.05) is 26.0 Å². The molecule has 2 nitrogen and oxygen atoms in total. The van der Waals surface area contributed by atoms with E-state index in [1.165, 1.54) is 0 Å². The van der Waals surface area contributed by atoms with E-state index in [0.717, 1.165) is 22.4 Å². The molecule has 0 saturated carbocycles. The average molecular weight is 162 g/mol. The van der Waals surface area contributed by atoms with Crippen LogP contribution in [-0.2, 0) is 11.2 Å². The summed E-state index contributed by atoms with van der Waals surface area (Å²) < 4.78 is 5.08. The van der Waals surface area contributed by atoms with Crippen molar-refractivity contribution < 1.29 is 9.53 Å².